The lowest BCUT2D eigenvalue weighted by Gasteiger charge is -2.27. The molecule has 1 heteroatoms. The number of hydrogen-bond donors (Lipinski definition) is 0. The van der Waals surface area contributed by atoms with Crippen LogP contribution in [0.15, 0.2) is 317 Å². The van der Waals surface area contributed by atoms with Crippen molar-refractivity contribution in [2.45, 2.75) is 0 Å². The molecular weight excluding hydrogens is 975 g/mol. The van der Waals surface area contributed by atoms with Gasteiger partial charge in [0.25, 0.3) is 0 Å². The Morgan fingerprint density at radius 3 is 1.11 bits per heavy atom. The van der Waals surface area contributed by atoms with Crippen LogP contribution in [-0.2, 0) is 0 Å². The molecule has 0 aliphatic carbocycles. The summed E-state index contributed by atoms with van der Waals surface area (Å²) >= 11 is 0. The molecule has 0 aliphatic heterocycles. The van der Waals surface area contributed by atoms with Crippen LogP contribution in [0.1, 0.15) is 33.4 Å². The normalized spacial score (nSPS) is 11.2. The Hall–Kier alpha value is -10.6. The molecular formula is C80H59N. The first-order valence-corrected chi connectivity index (χ1v) is 27.5. The maximum atomic E-state index is 4.10. The quantitative estimate of drug-likeness (QED) is 0.0872. The van der Waals surface area contributed by atoms with Crippen molar-refractivity contribution in [2.75, 3.05) is 4.90 Å². The zero-order valence-electron chi connectivity index (χ0n) is 45.2. The number of benzene rings is 12. The fraction of sp³-hybridized carbons (Fsp3) is 0. The topological polar surface area (TPSA) is 3.24 Å². The molecule has 384 valence electrons. The molecule has 12 rings (SSSR count). The Morgan fingerprint density at radius 1 is 0.235 bits per heavy atom. The van der Waals surface area contributed by atoms with E-state index in [2.05, 4.69) is 328 Å². The van der Waals surface area contributed by atoms with E-state index in [1.807, 2.05) is 18.2 Å². The molecule has 0 bridgehead atoms. The van der Waals surface area contributed by atoms with Gasteiger partial charge in [-0.15, -0.1) is 0 Å². The van der Waals surface area contributed by atoms with Crippen LogP contribution < -0.4 is 4.90 Å². The molecule has 12 aromatic carbocycles. The summed E-state index contributed by atoms with van der Waals surface area (Å²) in [5.74, 6) is 0. The third-order valence-corrected chi connectivity index (χ3v) is 15.2. The summed E-state index contributed by atoms with van der Waals surface area (Å²) in [4.78, 5) is 2.39. The lowest BCUT2D eigenvalue weighted by Crippen LogP contribution is -2.10. The molecule has 0 N–H and O–H groups in total. The maximum Gasteiger partial charge on any atom is 0.0473 e. The molecule has 81 heavy (non-hydrogen) atoms. The Morgan fingerprint density at radius 2 is 0.580 bits per heavy atom. The number of hydrogen-bond acceptors (Lipinski definition) is 1. The average molecular weight is 1030 g/mol. The summed E-state index contributed by atoms with van der Waals surface area (Å²) in [5.41, 5.74) is 26.9. The predicted molar refractivity (Wildman–Crippen MR) is 349 cm³/mol. The number of anilines is 3. The van der Waals surface area contributed by atoms with Crippen molar-refractivity contribution in [1.82, 2.24) is 0 Å². The average Bonchev–Trinajstić information content (AvgIpc) is 3.56. The Bertz CT molecular complexity index is 4170. The van der Waals surface area contributed by atoms with Gasteiger partial charge in [0.2, 0.25) is 0 Å². The van der Waals surface area contributed by atoms with E-state index in [0.29, 0.717) is 0 Å². The zero-order chi connectivity index (χ0) is 54.9. The van der Waals surface area contributed by atoms with E-state index in [-0.39, 0.29) is 0 Å². The van der Waals surface area contributed by atoms with Crippen LogP contribution in [0, 0.1) is 0 Å². The highest BCUT2D eigenvalue weighted by atomic mass is 15.1. The van der Waals surface area contributed by atoms with Gasteiger partial charge in [0.05, 0.1) is 0 Å². The van der Waals surface area contributed by atoms with Gasteiger partial charge in [-0.2, -0.15) is 0 Å². The van der Waals surface area contributed by atoms with Gasteiger partial charge >= 0.3 is 0 Å². The van der Waals surface area contributed by atoms with Gasteiger partial charge in [-0.05, 0) is 190 Å². The molecule has 0 amide bonds. The molecule has 0 atom stereocenters. The summed E-state index contributed by atoms with van der Waals surface area (Å²) < 4.78 is 0. The summed E-state index contributed by atoms with van der Waals surface area (Å²) in [6.45, 7) is 12.1. The van der Waals surface area contributed by atoms with Crippen LogP contribution in [0.3, 0.4) is 0 Å². The van der Waals surface area contributed by atoms with Crippen molar-refractivity contribution in [3.63, 3.8) is 0 Å². The molecule has 0 aromatic heterocycles. The van der Waals surface area contributed by atoms with Crippen LogP contribution in [0.2, 0.25) is 0 Å². The van der Waals surface area contributed by atoms with Gasteiger partial charge in [-0.3, -0.25) is 0 Å². The molecule has 0 unspecified atom stereocenters. The predicted octanol–water partition coefficient (Wildman–Crippen LogP) is 22.3. The first kappa shape index (κ1) is 51.2. The van der Waals surface area contributed by atoms with Gasteiger partial charge in [0.1, 0.15) is 0 Å². The van der Waals surface area contributed by atoms with E-state index in [1.165, 1.54) is 22.3 Å². The Kier molecular flexibility index (Phi) is 14.9. The highest BCUT2D eigenvalue weighted by Gasteiger charge is 2.19. The van der Waals surface area contributed by atoms with Crippen LogP contribution in [0.5, 0.6) is 0 Å². The number of nitrogens with zero attached hydrogens (tertiary/aromatic N) is 1. The van der Waals surface area contributed by atoms with E-state index >= 15 is 0 Å². The summed E-state index contributed by atoms with van der Waals surface area (Å²) in [6.07, 6.45) is 7.96. The van der Waals surface area contributed by atoms with Crippen molar-refractivity contribution in [3.05, 3.63) is 350 Å². The SMILES string of the molecule is C=Cc1ccc(-c2cc(-c3ccccc3)cc(-c3cc(-c4ccc(-c5ccc(C=C)cc5)c(-c5ccccc5)c4)cc(N(c4ccc(C=C)cc4)c4ccc(-c5ccc(/C(=C/c6ccccc6)c6ccccc6)cc5)cc4)c3)c2)cc1. The van der Waals surface area contributed by atoms with Gasteiger partial charge in [-0.25, -0.2) is 0 Å². The van der Waals surface area contributed by atoms with Crippen LogP contribution in [0.4, 0.5) is 17.1 Å². The maximum absolute atomic E-state index is 4.10. The standard InChI is InChI=1S/C80H59N/c1-4-57-27-33-64(34-28-57)71-50-70(61-21-13-8-14-22-61)51-72(52-71)74-53-73(69-43-48-78(67-35-29-58(5-2)30-36-67)80(56-69)66-25-17-10-18-26-66)54-77(55-74)81(75-44-31-59(6-3)32-45-75)76-46-41-63(42-47-76)62-37-39-68(40-38-62)79(65-23-15-9-16-24-65)49-60-19-11-7-12-20-60/h4-56H,1-3H2/b79-49+. The molecule has 0 fully saturated rings. The monoisotopic (exact) mass is 1030 g/mol. The van der Waals surface area contributed by atoms with Crippen molar-refractivity contribution < 1.29 is 0 Å². The minimum atomic E-state index is 1.02. The van der Waals surface area contributed by atoms with Gasteiger partial charge < -0.3 is 4.90 Å². The van der Waals surface area contributed by atoms with E-state index in [4.69, 9.17) is 0 Å². The second kappa shape index (κ2) is 23.6. The molecule has 12 aromatic rings. The molecule has 0 spiro atoms. The lowest BCUT2D eigenvalue weighted by molar-refractivity contribution is 1.28. The minimum absolute atomic E-state index is 1.02. The van der Waals surface area contributed by atoms with Crippen LogP contribution in [-0.4, -0.2) is 0 Å². The highest BCUT2D eigenvalue weighted by molar-refractivity contribution is 5.94. The first-order chi connectivity index (χ1) is 40.0. The molecule has 0 radical (unpaired) electrons. The Labute approximate surface area is 477 Å². The zero-order valence-corrected chi connectivity index (χ0v) is 45.2. The summed E-state index contributed by atoms with van der Waals surface area (Å²) in [6, 6.07) is 108. The van der Waals surface area contributed by atoms with Crippen LogP contribution in [0.25, 0.3) is 108 Å². The number of rotatable bonds is 16. The lowest BCUT2D eigenvalue weighted by atomic mass is 9.89. The molecule has 0 saturated carbocycles. The third-order valence-electron chi connectivity index (χ3n) is 15.2. The highest BCUT2D eigenvalue weighted by Crippen LogP contribution is 2.44. The third kappa shape index (κ3) is 11.4. The summed E-state index contributed by atoms with van der Waals surface area (Å²) in [5, 5.41) is 0. The van der Waals surface area contributed by atoms with Crippen molar-refractivity contribution in [3.8, 4) is 77.9 Å². The van der Waals surface area contributed by atoms with Crippen molar-refractivity contribution in [2.24, 2.45) is 0 Å². The molecule has 0 heterocycles. The Balaban J connectivity index is 1.02. The van der Waals surface area contributed by atoms with E-state index in [9.17, 15) is 0 Å². The molecule has 0 aliphatic rings. The van der Waals surface area contributed by atoms with Gasteiger partial charge in [0.15, 0.2) is 0 Å². The second-order valence-electron chi connectivity index (χ2n) is 20.3. The largest absolute Gasteiger partial charge is 0.310 e. The molecule has 0 saturated heterocycles. The van der Waals surface area contributed by atoms with E-state index in [1.54, 1.807) is 0 Å². The smallest absolute Gasteiger partial charge is 0.0473 e. The fourth-order valence-corrected chi connectivity index (χ4v) is 10.8. The van der Waals surface area contributed by atoms with Crippen molar-refractivity contribution >= 4 is 46.9 Å². The fourth-order valence-electron chi connectivity index (χ4n) is 10.8. The molecule has 1 nitrogen and oxygen atoms in total. The van der Waals surface area contributed by atoms with E-state index < -0.39 is 0 Å². The van der Waals surface area contributed by atoms with Crippen LogP contribution >= 0.6 is 0 Å². The second-order valence-corrected chi connectivity index (χ2v) is 20.3. The first-order valence-electron chi connectivity index (χ1n) is 27.5. The van der Waals surface area contributed by atoms with Gasteiger partial charge in [-0.1, -0.05) is 268 Å². The van der Waals surface area contributed by atoms with E-state index in [0.717, 1.165) is 112 Å². The summed E-state index contributed by atoms with van der Waals surface area (Å²) in [7, 11) is 0. The van der Waals surface area contributed by atoms with Crippen molar-refractivity contribution in [1.29, 1.82) is 0 Å². The minimum Gasteiger partial charge on any atom is -0.310 e. The van der Waals surface area contributed by atoms with Gasteiger partial charge in [0, 0.05) is 17.1 Å².